The van der Waals surface area contributed by atoms with Gasteiger partial charge in [0, 0.05) is 7.05 Å². The van der Waals surface area contributed by atoms with Crippen LogP contribution in [0, 0.1) is 22.5 Å². The van der Waals surface area contributed by atoms with Gasteiger partial charge in [-0.3, -0.25) is 10.1 Å². The molecule has 0 saturated heterocycles. The number of nitro groups is 1. The van der Waals surface area contributed by atoms with Crippen molar-refractivity contribution < 1.29 is 9.66 Å². The molecule has 0 aliphatic heterocycles. The second kappa shape index (κ2) is 4.70. The lowest BCUT2D eigenvalue weighted by atomic mass is 10.1. The molecule has 0 aliphatic carbocycles. The predicted octanol–water partition coefficient (Wildman–Crippen LogP) is 1.82. The highest BCUT2D eigenvalue weighted by Crippen LogP contribution is 2.24. The van der Waals surface area contributed by atoms with Crippen molar-refractivity contribution in [1.82, 2.24) is 4.98 Å². The minimum absolute atomic E-state index is 0.104. The molecule has 6 heteroatoms. The van der Waals surface area contributed by atoms with Crippen LogP contribution in [0.25, 0.3) is 0 Å². The Balaban J connectivity index is 3.12. The summed E-state index contributed by atoms with van der Waals surface area (Å²) in [5, 5.41) is 13.4. The SMILES string of the molecule is C#CC(C)(C)Oc1cc([N+](=O)[O-])cc(NC)n1. The number of anilines is 1. The maximum Gasteiger partial charge on any atom is 0.278 e. The summed E-state index contributed by atoms with van der Waals surface area (Å²) in [4.78, 5) is 14.2. The van der Waals surface area contributed by atoms with Gasteiger partial charge in [0.25, 0.3) is 5.69 Å². The van der Waals surface area contributed by atoms with Crippen LogP contribution in [0.15, 0.2) is 12.1 Å². The first-order valence-corrected chi connectivity index (χ1v) is 4.89. The molecule has 0 radical (unpaired) electrons. The van der Waals surface area contributed by atoms with Crippen LogP contribution in [0.2, 0.25) is 0 Å². The number of ether oxygens (including phenoxy) is 1. The van der Waals surface area contributed by atoms with Crippen molar-refractivity contribution in [2.75, 3.05) is 12.4 Å². The fourth-order valence-electron chi connectivity index (χ4n) is 1.07. The Morgan fingerprint density at radius 1 is 1.59 bits per heavy atom. The zero-order valence-corrected chi connectivity index (χ0v) is 9.85. The monoisotopic (exact) mass is 235 g/mol. The van der Waals surface area contributed by atoms with Crippen molar-refractivity contribution in [1.29, 1.82) is 0 Å². The molecule has 1 heterocycles. The van der Waals surface area contributed by atoms with E-state index in [-0.39, 0.29) is 11.6 Å². The van der Waals surface area contributed by atoms with Gasteiger partial charge >= 0.3 is 0 Å². The van der Waals surface area contributed by atoms with Gasteiger partial charge in [-0.2, -0.15) is 4.98 Å². The van der Waals surface area contributed by atoms with Gasteiger partial charge in [0.05, 0.1) is 17.1 Å². The van der Waals surface area contributed by atoms with Crippen LogP contribution in [0.3, 0.4) is 0 Å². The standard InChI is InChI=1S/C11H13N3O3/c1-5-11(2,3)17-10-7-8(14(15)16)6-9(12-4)13-10/h1,6-7H,2-4H3,(H,12,13). The largest absolute Gasteiger partial charge is 0.458 e. The van der Waals surface area contributed by atoms with E-state index >= 15 is 0 Å². The van der Waals surface area contributed by atoms with E-state index in [1.807, 2.05) is 0 Å². The molecule has 0 amide bonds. The molecule has 0 spiro atoms. The lowest BCUT2D eigenvalue weighted by Gasteiger charge is -2.19. The molecular weight excluding hydrogens is 222 g/mol. The molecule has 0 aromatic carbocycles. The number of rotatable bonds is 4. The molecule has 1 N–H and O–H groups in total. The molecule has 0 bridgehead atoms. The van der Waals surface area contributed by atoms with Gasteiger partial charge in [-0.25, -0.2) is 0 Å². The fraction of sp³-hybridized carbons (Fsp3) is 0.364. The van der Waals surface area contributed by atoms with Crippen LogP contribution in [0.5, 0.6) is 5.88 Å². The van der Waals surface area contributed by atoms with Crippen LogP contribution in [0.4, 0.5) is 11.5 Å². The van der Waals surface area contributed by atoms with E-state index < -0.39 is 10.5 Å². The van der Waals surface area contributed by atoms with Crippen molar-refractivity contribution in [2.45, 2.75) is 19.4 Å². The molecule has 1 rings (SSSR count). The molecule has 1 aromatic rings. The number of aromatic nitrogens is 1. The Morgan fingerprint density at radius 2 is 2.24 bits per heavy atom. The highest BCUT2D eigenvalue weighted by molar-refractivity contribution is 5.48. The Bertz CT molecular complexity index is 477. The first-order valence-electron chi connectivity index (χ1n) is 4.89. The quantitative estimate of drug-likeness (QED) is 0.489. The number of nitrogens with zero attached hydrogens (tertiary/aromatic N) is 2. The lowest BCUT2D eigenvalue weighted by molar-refractivity contribution is -0.384. The Labute approximate surface area is 99.2 Å². The summed E-state index contributed by atoms with van der Waals surface area (Å²) in [6.07, 6.45) is 5.27. The second-order valence-corrected chi connectivity index (χ2v) is 3.81. The number of pyridine rings is 1. The van der Waals surface area contributed by atoms with E-state index in [2.05, 4.69) is 16.2 Å². The molecule has 17 heavy (non-hydrogen) atoms. The zero-order chi connectivity index (χ0) is 13.1. The van der Waals surface area contributed by atoms with Crippen LogP contribution in [0.1, 0.15) is 13.8 Å². The van der Waals surface area contributed by atoms with Crippen molar-refractivity contribution in [3.63, 3.8) is 0 Å². The maximum atomic E-state index is 10.7. The average Bonchev–Trinajstić information content (AvgIpc) is 2.28. The van der Waals surface area contributed by atoms with E-state index in [9.17, 15) is 10.1 Å². The maximum absolute atomic E-state index is 10.7. The minimum Gasteiger partial charge on any atom is -0.458 e. The third kappa shape index (κ3) is 3.34. The molecule has 0 atom stereocenters. The summed E-state index contributed by atoms with van der Waals surface area (Å²) >= 11 is 0. The van der Waals surface area contributed by atoms with Crippen LogP contribution < -0.4 is 10.1 Å². The minimum atomic E-state index is -0.868. The van der Waals surface area contributed by atoms with E-state index in [0.717, 1.165) is 0 Å². The highest BCUT2D eigenvalue weighted by Gasteiger charge is 2.19. The molecule has 90 valence electrons. The molecule has 1 aromatic heterocycles. The van der Waals surface area contributed by atoms with E-state index in [1.165, 1.54) is 12.1 Å². The van der Waals surface area contributed by atoms with Crippen molar-refractivity contribution in [3.05, 3.63) is 22.2 Å². The van der Waals surface area contributed by atoms with E-state index in [4.69, 9.17) is 11.2 Å². The molecule has 0 unspecified atom stereocenters. The first-order chi connectivity index (χ1) is 7.88. The molecule has 0 saturated carbocycles. The van der Waals surface area contributed by atoms with Gasteiger partial charge < -0.3 is 10.1 Å². The normalized spacial score (nSPS) is 10.5. The molecule has 6 nitrogen and oxygen atoms in total. The second-order valence-electron chi connectivity index (χ2n) is 3.81. The van der Waals surface area contributed by atoms with Gasteiger partial charge in [-0.15, -0.1) is 6.42 Å². The summed E-state index contributed by atoms with van der Waals surface area (Å²) in [6.45, 7) is 3.35. The van der Waals surface area contributed by atoms with Crippen molar-refractivity contribution in [2.24, 2.45) is 0 Å². The summed E-state index contributed by atoms with van der Waals surface area (Å²) in [5.41, 5.74) is -0.972. The lowest BCUT2D eigenvalue weighted by Crippen LogP contribution is -2.26. The topological polar surface area (TPSA) is 77.3 Å². The van der Waals surface area contributed by atoms with Crippen LogP contribution in [-0.2, 0) is 0 Å². The number of hydrogen-bond donors (Lipinski definition) is 1. The highest BCUT2D eigenvalue weighted by atomic mass is 16.6. The molecule has 0 fully saturated rings. The average molecular weight is 235 g/mol. The summed E-state index contributed by atoms with van der Waals surface area (Å²) in [6, 6.07) is 2.55. The summed E-state index contributed by atoms with van der Waals surface area (Å²) in [5.74, 6) is 2.89. The summed E-state index contributed by atoms with van der Waals surface area (Å²) < 4.78 is 5.39. The Hall–Kier alpha value is -2.29. The third-order valence-electron chi connectivity index (χ3n) is 1.96. The van der Waals surface area contributed by atoms with Gasteiger partial charge in [0.2, 0.25) is 5.88 Å². The van der Waals surface area contributed by atoms with Gasteiger partial charge in [0.1, 0.15) is 5.82 Å². The Morgan fingerprint density at radius 3 is 2.71 bits per heavy atom. The van der Waals surface area contributed by atoms with E-state index in [1.54, 1.807) is 20.9 Å². The van der Waals surface area contributed by atoms with Crippen LogP contribution in [-0.4, -0.2) is 22.6 Å². The molecule has 0 aliphatic rings. The van der Waals surface area contributed by atoms with Crippen molar-refractivity contribution in [3.8, 4) is 18.2 Å². The van der Waals surface area contributed by atoms with Gasteiger partial charge in [-0.1, -0.05) is 5.92 Å². The smallest absolute Gasteiger partial charge is 0.278 e. The Kier molecular flexibility index (Phi) is 3.53. The van der Waals surface area contributed by atoms with Gasteiger partial charge in [-0.05, 0) is 13.8 Å². The van der Waals surface area contributed by atoms with Crippen LogP contribution >= 0.6 is 0 Å². The number of terminal acetylenes is 1. The number of hydrogen-bond acceptors (Lipinski definition) is 5. The first kappa shape index (κ1) is 12.8. The fourth-order valence-corrected chi connectivity index (χ4v) is 1.07. The third-order valence-corrected chi connectivity index (χ3v) is 1.96. The predicted molar refractivity (Wildman–Crippen MR) is 64.0 cm³/mol. The molecular formula is C11H13N3O3. The number of nitrogens with one attached hydrogen (secondary N) is 1. The zero-order valence-electron chi connectivity index (χ0n) is 9.85. The summed E-state index contributed by atoms with van der Waals surface area (Å²) in [7, 11) is 1.61. The van der Waals surface area contributed by atoms with E-state index in [0.29, 0.717) is 5.82 Å². The van der Waals surface area contributed by atoms with Crippen molar-refractivity contribution >= 4 is 11.5 Å². The van der Waals surface area contributed by atoms with Gasteiger partial charge in [0.15, 0.2) is 5.60 Å².